The second kappa shape index (κ2) is 7.38. The van der Waals surface area contributed by atoms with Gasteiger partial charge < -0.3 is 19.9 Å². The van der Waals surface area contributed by atoms with E-state index in [0.717, 1.165) is 11.4 Å². The maximum absolute atomic E-state index is 12.1. The van der Waals surface area contributed by atoms with E-state index in [1.165, 1.54) is 0 Å². The van der Waals surface area contributed by atoms with Crippen molar-refractivity contribution in [1.29, 1.82) is 0 Å². The smallest absolute Gasteiger partial charge is 0.328 e. The first-order valence-electron chi connectivity index (χ1n) is 8.04. The molecule has 0 bridgehead atoms. The SMILES string of the molecule is C[C@H](NC(=O)Nc1cccc(-c2nccn2C)c1)C(=O)OC(C)(C)C. The van der Waals surface area contributed by atoms with E-state index in [2.05, 4.69) is 15.6 Å². The van der Waals surface area contributed by atoms with Gasteiger partial charge in [-0.05, 0) is 39.8 Å². The lowest BCUT2D eigenvalue weighted by atomic mass is 10.2. The average Bonchev–Trinajstić information content (AvgIpc) is 2.91. The van der Waals surface area contributed by atoms with E-state index in [0.29, 0.717) is 5.69 Å². The van der Waals surface area contributed by atoms with Gasteiger partial charge in [0.1, 0.15) is 17.5 Å². The highest BCUT2D eigenvalue weighted by molar-refractivity contribution is 5.93. The summed E-state index contributed by atoms with van der Waals surface area (Å²) in [4.78, 5) is 28.3. The fraction of sp³-hybridized carbons (Fsp3) is 0.389. The number of nitrogens with zero attached hydrogens (tertiary/aromatic N) is 2. The number of carbonyl (C=O) groups excluding carboxylic acids is 2. The van der Waals surface area contributed by atoms with Gasteiger partial charge in [-0.2, -0.15) is 0 Å². The van der Waals surface area contributed by atoms with E-state index in [1.807, 2.05) is 36.0 Å². The molecule has 2 rings (SSSR count). The zero-order valence-corrected chi connectivity index (χ0v) is 15.2. The fourth-order valence-corrected chi connectivity index (χ4v) is 2.19. The Balaban J connectivity index is 1.99. The van der Waals surface area contributed by atoms with Crippen LogP contribution in [0.25, 0.3) is 11.4 Å². The van der Waals surface area contributed by atoms with Crippen LogP contribution in [-0.4, -0.2) is 33.2 Å². The van der Waals surface area contributed by atoms with Crippen LogP contribution in [0.4, 0.5) is 10.5 Å². The fourth-order valence-electron chi connectivity index (χ4n) is 2.19. The van der Waals surface area contributed by atoms with Gasteiger partial charge in [0, 0.05) is 30.7 Å². The number of ether oxygens (including phenoxy) is 1. The zero-order chi connectivity index (χ0) is 18.6. The maximum Gasteiger partial charge on any atom is 0.328 e. The van der Waals surface area contributed by atoms with E-state index in [4.69, 9.17) is 4.74 Å². The second-order valence-corrected chi connectivity index (χ2v) is 6.80. The van der Waals surface area contributed by atoms with Crippen molar-refractivity contribution in [1.82, 2.24) is 14.9 Å². The number of nitrogens with one attached hydrogen (secondary N) is 2. The molecule has 0 unspecified atom stereocenters. The molecule has 0 saturated heterocycles. The average molecular weight is 344 g/mol. The van der Waals surface area contributed by atoms with Crippen molar-refractivity contribution in [2.24, 2.45) is 7.05 Å². The van der Waals surface area contributed by atoms with Gasteiger partial charge in [-0.25, -0.2) is 14.6 Å². The van der Waals surface area contributed by atoms with Crippen LogP contribution < -0.4 is 10.6 Å². The van der Waals surface area contributed by atoms with Gasteiger partial charge in [0.2, 0.25) is 0 Å². The number of hydrogen-bond donors (Lipinski definition) is 2. The summed E-state index contributed by atoms with van der Waals surface area (Å²) in [5.41, 5.74) is 0.889. The molecular formula is C18H24N4O3. The molecule has 0 saturated carbocycles. The Morgan fingerprint density at radius 1 is 1.28 bits per heavy atom. The Morgan fingerprint density at radius 3 is 2.60 bits per heavy atom. The quantitative estimate of drug-likeness (QED) is 0.835. The number of imidazole rings is 1. The number of amides is 2. The van der Waals surface area contributed by atoms with Crippen LogP contribution in [0.3, 0.4) is 0 Å². The summed E-state index contributed by atoms with van der Waals surface area (Å²) in [6, 6.07) is 6.10. The highest BCUT2D eigenvalue weighted by atomic mass is 16.6. The molecular weight excluding hydrogens is 320 g/mol. The summed E-state index contributed by atoms with van der Waals surface area (Å²) in [5.74, 6) is 0.315. The van der Waals surface area contributed by atoms with Gasteiger partial charge in [-0.3, -0.25) is 0 Å². The largest absolute Gasteiger partial charge is 0.458 e. The predicted octanol–water partition coefficient (Wildman–Crippen LogP) is 2.94. The topological polar surface area (TPSA) is 85.3 Å². The molecule has 1 atom stereocenters. The number of anilines is 1. The molecule has 1 heterocycles. The van der Waals surface area contributed by atoms with Crippen molar-refractivity contribution < 1.29 is 14.3 Å². The Labute approximate surface area is 147 Å². The van der Waals surface area contributed by atoms with Crippen LogP contribution in [0, 0.1) is 0 Å². The van der Waals surface area contributed by atoms with E-state index >= 15 is 0 Å². The molecule has 0 aliphatic heterocycles. The van der Waals surface area contributed by atoms with Crippen LogP contribution in [0.1, 0.15) is 27.7 Å². The predicted molar refractivity (Wildman–Crippen MR) is 96.1 cm³/mol. The Bertz CT molecular complexity index is 762. The Hall–Kier alpha value is -2.83. The van der Waals surface area contributed by atoms with Gasteiger partial charge in [-0.1, -0.05) is 12.1 Å². The number of hydrogen-bond acceptors (Lipinski definition) is 4. The van der Waals surface area contributed by atoms with E-state index in [1.54, 1.807) is 40.0 Å². The lowest BCUT2D eigenvalue weighted by Gasteiger charge is -2.22. The normalized spacial score (nSPS) is 12.4. The van der Waals surface area contributed by atoms with Gasteiger partial charge in [0.15, 0.2) is 0 Å². The Morgan fingerprint density at radius 2 is 2.00 bits per heavy atom. The lowest BCUT2D eigenvalue weighted by molar-refractivity contribution is -0.156. The third-order valence-electron chi connectivity index (χ3n) is 3.31. The molecule has 25 heavy (non-hydrogen) atoms. The van der Waals surface area contributed by atoms with Crippen LogP contribution in [0.2, 0.25) is 0 Å². The number of aryl methyl sites for hydroxylation is 1. The Kier molecular flexibility index (Phi) is 5.46. The summed E-state index contributed by atoms with van der Waals surface area (Å²) in [7, 11) is 1.90. The van der Waals surface area contributed by atoms with Crippen molar-refractivity contribution in [3.05, 3.63) is 36.7 Å². The number of carbonyl (C=O) groups is 2. The third-order valence-corrected chi connectivity index (χ3v) is 3.31. The van der Waals surface area contributed by atoms with Crippen molar-refractivity contribution in [2.75, 3.05) is 5.32 Å². The molecule has 0 radical (unpaired) electrons. The minimum Gasteiger partial charge on any atom is -0.458 e. The van der Waals surface area contributed by atoms with Crippen molar-refractivity contribution in [3.63, 3.8) is 0 Å². The number of urea groups is 1. The molecule has 2 N–H and O–H groups in total. The molecule has 0 fully saturated rings. The molecule has 1 aromatic heterocycles. The molecule has 1 aromatic carbocycles. The first-order valence-corrected chi connectivity index (χ1v) is 8.04. The maximum atomic E-state index is 12.1. The van der Waals surface area contributed by atoms with E-state index < -0.39 is 23.6 Å². The first kappa shape index (κ1) is 18.5. The summed E-state index contributed by atoms with van der Waals surface area (Å²) >= 11 is 0. The molecule has 0 aliphatic rings. The van der Waals surface area contributed by atoms with Crippen molar-refractivity contribution in [2.45, 2.75) is 39.3 Å². The molecule has 7 heteroatoms. The molecule has 2 amide bonds. The van der Waals surface area contributed by atoms with Gasteiger partial charge in [-0.15, -0.1) is 0 Å². The van der Waals surface area contributed by atoms with Crippen LogP contribution >= 0.6 is 0 Å². The van der Waals surface area contributed by atoms with Gasteiger partial charge >= 0.3 is 12.0 Å². The number of esters is 1. The zero-order valence-electron chi connectivity index (χ0n) is 15.2. The van der Waals surface area contributed by atoms with Crippen LogP contribution in [-0.2, 0) is 16.6 Å². The summed E-state index contributed by atoms with van der Waals surface area (Å²) in [6.45, 7) is 6.92. The summed E-state index contributed by atoms with van der Waals surface area (Å²) < 4.78 is 7.13. The minimum atomic E-state index is -0.753. The van der Waals surface area contributed by atoms with Crippen LogP contribution in [0.15, 0.2) is 36.7 Å². The van der Waals surface area contributed by atoms with E-state index in [9.17, 15) is 9.59 Å². The van der Waals surface area contributed by atoms with E-state index in [-0.39, 0.29) is 0 Å². The molecule has 2 aromatic rings. The summed E-state index contributed by atoms with van der Waals surface area (Å²) in [5, 5.41) is 5.29. The first-order chi connectivity index (χ1) is 11.7. The van der Waals surface area contributed by atoms with Crippen LogP contribution in [0.5, 0.6) is 0 Å². The third kappa shape index (κ3) is 5.34. The standard InChI is InChI=1S/C18H24N4O3/c1-12(16(23)25-18(2,3)4)20-17(24)21-14-8-6-7-13(11-14)15-19-9-10-22(15)5/h6-12H,1-5H3,(H2,20,21,24)/t12-/m0/s1. The van der Waals surface area contributed by atoms with Crippen molar-refractivity contribution in [3.8, 4) is 11.4 Å². The number of rotatable bonds is 4. The van der Waals surface area contributed by atoms with Crippen molar-refractivity contribution >= 4 is 17.7 Å². The minimum absolute atomic E-state index is 0.477. The monoisotopic (exact) mass is 344 g/mol. The number of benzene rings is 1. The molecule has 0 aliphatic carbocycles. The van der Waals surface area contributed by atoms with Gasteiger partial charge in [0.25, 0.3) is 0 Å². The number of aromatic nitrogens is 2. The lowest BCUT2D eigenvalue weighted by Crippen LogP contribution is -2.43. The molecule has 134 valence electrons. The highest BCUT2D eigenvalue weighted by Gasteiger charge is 2.23. The summed E-state index contributed by atoms with van der Waals surface area (Å²) in [6.07, 6.45) is 3.56. The molecule has 7 nitrogen and oxygen atoms in total. The highest BCUT2D eigenvalue weighted by Crippen LogP contribution is 2.20. The molecule has 0 spiro atoms. The second-order valence-electron chi connectivity index (χ2n) is 6.80. The van der Waals surface area contributed by atoms with Gasteiger partial charge in [0.05, 0.1) is 0 Å².